The third-order valence-electron chi connectivity index (χ3n) is 2.88. The van der Waals surface area contributed by atoms with Crippen molar-refractivity contribution in [1.29, 1.82) is 0 Å². The lowest BCUT2D eigenvalue weighted by Gasteiger charge is -2.26. The minimum absolute atomic E-state index is 0.107. The lowest BCUT2D eigenvalue weighted by atomic mass is 10.1. The summed E-state index contributed by atoms with van der Waals surface area (Å²) in [4.78, 5) is 0. The van der Waals surface area contributed by atoms with Crippen LogP contribution in [-0.4, -0.2) is 75.2 Å². The van der Waals surface area contributed by atoms with Crippen molar-refractivity contribution in [3.05, 3.63) is 0 Å². The Labute approximate surface area is 122 Å². The molecule has 0 aromatic rings. The SMILES string of the molecule is CCCCOCCOCCOCCNC(C)(CO)CO. The lowest BCUT2D eigenvalue weighted by Crippen LogP contribution is -2.50. The van der Waals surface area contributed by atoms with Crippen LogP contribution in [0.1, 0.15) is 26.7 Å². The van der Waals surface area contributed by atoms with E-state index in [0.717, 1.165) is 19.4 Å². The second-order valence-electron chi connectivity index (χ2n) is 4.99. The number of hydrogen-bond acceptors (Lipinski definition) is 6. The van der Waals surface area contributed by atoms with E-state index in [9.17, 15) is 0 Å². The van der Waals surface area contributed by atoms with Gasteiger partial charge in [0.15, 0.2) is 0 Å². The Morgan fingerprint density at radius 1 is 0.850 bits per heavy atom. The molecule has 0 radical (unpaired) electrons. The minimum Gasteiger partial charge on any atom is -0.394 e. The van der Waals surface area contributed by atoms with E-state index >= 15 is 0 Å². The van der Waals surface area contributed by atoms with Gasteiger partial charge < -0.3 is 29.7 Å². The Balaban J connectivity index is 3.17. The predicted octanol–water partition coefficient (Wildman–Crippen LogP) is 0.169. The van der Waals surface area contributed by atoms with Gasteiger partial charge in [-0.3, -0.25) is 0 Å². The normalized spacial score (nSPS) is 12.0. The Hall–Kier alpha value is -0.240. The first-order valence-corrected chi connectivity index (χ1v) is 7.38. The highest BCUT2D eigenvalue weighted by Crippen LogP contribution is 1.99. The topological polar surface area (TPSA) is 80.2 Å². The van der Waals surface area contributed by atoms with Crippen molar-refractivity contribution in [3.63, 3.8) is 0 Å². The quantitative estimate of drug-likeness (QED) is 0.374. The van der Waals surface area contributed by atoms with Crippen molar-refractivity contribution >= 4 is 0 Å². The van der Waals surface area contributed by atoms with Crippen LogP contribution < -0.4 is 5.32 Å². The van der Waals surface area contributed by atoms with E-state index in [2.05, 4.69) is 12.2 Å². The van der Waals surface area contributed by atoms with Gasteiger partial charge >= 0.3 is 0 Å². The van der Waals surface area contributed by atoms with Gasteiger partial charge in [-0.05, 0) is 13.3 Å². The first kappa shape index (κ1) is 19.8. The summed E-state index contributed by atoms with van der Waals surface area (Å²) < 4.78 is 16.1. The number of aliphatic hydroxyl groups is 2. The van der Waals surface area contributed by atoms with Crippen molar-refractivity contribution < 1.29 is 24.4 Å². The molecule has 6 nitrogen and oxygen atoms in total. The molecule has 3 N–H and O–H groups in total. The molecule has 20 heavy (non-hydrogen) atoms. The van der Waals surface area contributed by atoms with E-state index in [1.54, 1.807) is 6.92 Å². The molecular formula is C14H31NO5. The molecule has 0 rings (SSSR count). The van der Waals surface area contributed by atoms with Crippen molar-refractivity contribution in [2.45, 2.75) is 32.2 Å². The zero-order chi connectivity index (χ0) is 15.1. The number of nitrogens with one attached hydrogen (secondary N) is 1. The van der Waals surface area contributed by atoms with Crippen molar-refractivity contribution in [2.75, 3.05) is 59.4 Å². The molecule has 0 amide bonds. The summed E-state index contributed by atoms with van der Waals surface area (Å²) in [6, 6.07) is 0. The molecule has 0 heterocycles. The minimum atomic E-state index is -0.643. The Morgan fingerprint density at radius 2 is 1.35 bits per heavy atom. The molecule has 0 saturated heterocycles. The van der Waals surface area contributed by atoms with Crippen LogP contribution in [0.2, 0.25) is 0 Å². The predicted molar refractivity (Wildman–Crippen MR) is 77.9 cm³/mol. The molecule has 0 bridgehead atoms. The third-order valence-corrected chi connectivity index (χ3v) is 2.88. The molecule has 0 aromatic heterocycles. The van der Waals surface area contributed by atoms with E-state index in [0.29, 0.717) is 39.6 Å². The van der Waals surface area contributed by atoms with E-state index in [1.807, 2.05) is 0 Å². The number of ether oxygens (including phenoxy) is 3. The summed E-state index contributed by atoms with van der Waals surface area (Å²) in [5, 5.41) is 21.2. The molecule has 0 atom stereocenters. The monoisotopic (exact) mass is 293 g/mol. The Bertz CT molecular complexity index is 200. The molecule has 0 unspecified atom stereocenters. The molecule has 6 heteroatoms. The van der Waals surface area contributed by atoms with Crippen LogP contribution in [0.3, 0.4) is 0 Å². The van der Waals surface area contributed by atoms with Crippen molar-refractivity contribution in [1.82, 2.24) is 5.32 Å². The fraction of sp³-hybridized carbons (Fsp3) is 1.00. The summed E-state index contributed by atoms with van der Waals surface area (Å²) in [7, 11) is 0. The molecule has 122 valence electrons. The number of rotatable bonds is 15. The zero-order valence-electron chi connectivity index (χ0n) is 12.9. The molecule has 0 spiro atoms. The Morgan fingerprint density at radius 3 is 1.85 bits per heavy atom. The highest BCUT2D eigenvalue weighted by atomic mass is 16.5. The highest BCUT2D eigenvalue weighted by Gasteiger charge is 2.20. The summed E-state index contributed by atoms with van der Waals surface area (Å²) in [6.45, 7) is 7.89. The van der Waals surface area contributed by atoms with Gasteiger partial charge in [-0.15, -0.1) is 0 Å². The third kappa shape index (κ3) is 11.6. The van der Waals surface area contributed by atoms with Gasteiger partial charge in [-0.2, -0.15) is 0 Å². The van der Waals surface area contributed by atoms with Crippen LogP contribution in [0.15, 0.2) is 0 Å². The van der Waals surface area contributed by atoms with E-state index < -0.39 is 5.54 Å². The molecule has 0 aromatic carbocycles. The second-order valence-corrected chi connectivity index (χ2v) is 4.99. The number of hydrogen-bond donors (Lipinski definition) is 3. The molecular weight excluding hydrogens is 262 g/mol. The average molecular weight is 293 g/mol. The van der Waals surface area contributed by atoms with Crippen molar-refractivity contribution in [2.24, 2.45) is 0 Å². The van der Waals surface area contributed by atoms with Gasteiger partial charge in [0.2, 0.25) is 0 Å². The smallest absolute Gasteiger partial charge is 0.0701 e. The van der Waals surface area contributed by atoms with Gasteiger partial charge in [-0.1, -0.05) is 13.3 Å². The zero-order valence-corrected chi connectivity index (χ0v) is 12.9. The molecule has 0 fully saturated rings. The van der Waals surface area contributed by atoms with Crippen LogP contribution in [0.25, 0.3) is 0 Å². The van der Waals surface area contributed by atoms with Crippen LogP contribution in [0.5, 0.6) is 0 Å². The first-order valence-electron chi connectivity index (χ1n) is 7.38. The maximum atomic E-state index is 9.07. The second kappa shape index (κ2) is 13.7. The standard InChI is InChI=1S/C14H31NO5/c1-3-4-6-18-8-10-20-11-9-19-7-5-15-14(2,12-16)13-17/h15-17H,3-13H2,1-2H3. The summed E-state index contributed by atoms with van der Waals surface area (Å²) in [5.41, 5.74) is -0.643. The summed E-state index contributed by atoms with van der Waals surface area (Å²) in [5.74, 6) is 0. The van der Waals surface area contributed by atoms with Gasteiger partial charge in [0.25, 0.3) is 0 Å². The largest absolute Gasteiger partial charge is 0.394 e. The van der Waals surface area contributed by atoms with E-state index in [4.69, 9.17) is 24.4 Å². The fourth-order valence-electron chi connectivity index (χ4n) is 1.38. The van der Waals surface area contributed by atoms with Crippen LogP contribution in [0, 0.1) is 0 Å². The van der Waals surface area contributed by atoms with Gasteiger partial charge in [-0.25, -0.2) is 0 Å². The van der Waals surface area contributed by atoms with Crippen LogP contribution >= 0.6 is 0 Å². The molecule has 0 aliphatic carbocycles. The highest BCUT2D eigenvalue weighted by molar-refractivity contribution is 4.80. The molecule has 0 aliphatic rings. The Kier molecular flexibility index (Phi) is 13.6. The average Bonchev–Trinajstić information content (AvgIpc) is 2.48. The molecule has 0 saturated carbocycles. The summed E-state index contributed by atoms with van der Waals surface area (Å²) in [6.07, 6.45) is 2.24. The lowest BCUT2D eigenvalue weighted by molar-refractivity contribution is 0.0124. The summed E-state index contributed by atoms with van der Waals surface area (Å²) >= 11 is 0. The number of aliphatic hydroxyl groups excluding tert-OH is 2. The van der Waals surface area contributed by atoms with Crippen molar-refractivity contribution in [3.8, 4) is 0 Å². The van der Waals surface area contributed by atoms with Gasteiger partial charge in [0, 0.05) is 13.2 Å². The van der Waals surface area contributed by atoms with Crippen LogP contribution in [0.4, 0.5) is 0 Å². The maximum Gasteiger partial charge on any atom is 0.0701 e. The van der Waals surface area contributed by atoms with E-state index in [-0.39, 0.29) is 13.2 Å². The van der Waals surface area contributed by atoms with Crippen LogP contribution in [-0.2, 0) is 14.2 Å². The molecule has 0 aliphatic heterocycles. The van der Waals surface area contributed by atoms with Gasteiger partial charge in [0.1, 0.15) is 0 Å². The maximum absolute atomic E-state index is 9.07. The van der Waals surface area contributed by atoms with E-state index in [1.165, 1.54) is 0 Å². The first-order chi connectivity index (χ1) is 9.68. The number of unbranched alkanes of at least 4 members (excludes halogenated alkanes) is 1. The fourth-order valence-corrected chi connectivity index (χ4v) is 1.38. The van der Waals surface area contributed by atoms with Gasteiger partial charge in [0.05, 0.1) is 51.8 Å².